The lowest BCUT2D eigenvalue weighted by atomic mass is 9.41. The van der Waals surface area contributed by atoms with Crippen LogP contribution >= 0.6 is 0 Å². The van der Waals surface area contributed by atoms with Crippen LogP contribution in [0.4, 0.5) is 0 Å². The first-order chi connectivity index (χ1) is 49.5. The van der Waals surface area contributed by atoms with Crippen LogP contribution in [0, 0.1) is 39.4 Å². The predicted octanol–water partition coefficient (Wildman–Crippen LogP) is -4.39. The molecule has 15 N–H and O–H groups in total. The molecule has 35 nitrogen and oxygen atoms in total. The van der Waals surface area contributed by atoms with Gasteiger partial charge >= 0.3 is 17.9 Å². The second kappa shape index (κ2) is 32.4. The van der Waals surface area contributed by atoms with Gasteiger partial charge in [0, 0.05) is 28.1 Å². The standard InChI is InChI=1S/C70H110O35/c1-27(2)12-15-41(94-29(4)76)69(9)58-33(93-28(3)75)20-68(8)31-13-14-39-66(5,6)40(17-18-67(39,7)30(31)16-19-70(58,68)65(88)105-69)100-64-57(45(81)38(26-92-64)99-61-51(87)56(44(80)36(23-73)95-61)103-63-50(86)55(90-11)43(79)35(22-72)97-63)104-60-47(83)46(82)53(37(24-74)98-60)102-59-48(84)52(32(77)25-91-59)101-62-49(85)54(89-10)42(78)34(21-71)96-62/h16,31-64,71-74,77-87H,1,12-15,17-26H2,2-11H3. The van der Waals surface area contributed by atoms with Crippen LogP contribution in [0.15, 0.2) is 23.8 Å². The highest BCUT2D eigenvalue weighted by Gasteiger charge is 2.81. The Morgan fingerprint density at radius 2 is 1.07 bits per heavy atom. The van der Waals surface area contributed by atoms with Crippen molar-refractivity contribution in [2.24, 2.45) is 39.4 Å². The molecule has 3 saturated carbocycles. The molecular formula is C70H110O35. The molecule has 0 amide bonds. The molecule has 11 rings (SSSR count). The van der Waals surface area contributed by atoms with Gasteiger partial charge in [-0.1, -0.05) is 44.9 Å². The zero-order chi connectivity index (χ0) is 76.6. The third kappa shape index (κ3) is 14.8. The first-order valence-electron chi connectivity index (χ1n) is 36.2. The zero-order valence-corrected chi connectivity index (χ0v) is 60.7. The third-order valence-corrected chi connectivity index (χ3v) is 25.0. The van der Waals surface area contributed by atoms with Gasteiger partial charge in [0.1, 0.15) is 146 Å². The number of allylic oxidation sites excluding steroid dienone is 3. The second-order valence-corrected chi connectivity index (χ2v) is 31.6. The SMILES string of the molecule is C=C(C)CCC(OC(C)=O)C1(C)OC(=O)C23CC=C4C(CCC5C4(C)CCC(OC4OCC(OC6OC(CO)C(O)C(OC7OC(CO)C(O)C(OC)C7O)C6O)C(O)C4OC4OC(CO)C(OC6OCC(O)C(OC7OC(CO)C(O)C(OC)C7O)C6O)C(O)C4O)C5(C)C)C2(C)CC(OC(C)=O)C13. The van der Waals surface area contributed by atoms with Crippen LogP contribution in [0.3, 0.4) is 0 Å². The van der Waals surface area contributed by atoms with Crippen LogP contribution in [0.5, 0.6) is 0 Å². The Hall–Kier alpha value is -3.27. The van der Waals surface area contributed by atoms with E-state index < -0.39 is 281 Å². The molecule has 1 spiro atoms. The van der Waals surface area contributed by atoms with E-state index >= 15 is 4.79 Å². The van der Waals surface area contributed by atoms with Gasteiger partial charge in [0.05, 0.1) is 57.1 Å². The zero-order valence-electron chi connectivity index (χ0n) is 60.7. The molecule has 7 heterocycles. The molecule has 0 aromatic carbocycles. The normalized spacial score (nSPS) is 49.9. The summed E-state index contributed by atoms with van der Waals surface area (Å²) in [5, 5.41) is 168. The number of ether oxygens (including phenoxy) is 17. The van der Waals surface area contributed by atoms with Gasteiger partial charge in [0.15, 0.2) is 43.3 Å². The maximum Gasteiger partial charge on any atom is 0.314 e. The summed E-state index contributed by atoms with van der Waals surface area (Å²) in [6, 6.07) is 0. The fraction of sp³-hybridized carbons (Fsp3) is 0.900. The smallest absolute Gasteiger partial charge is 0.314 e. The van der Waals surface area contributed by atoms with Crippen LogP contribution in [-0.4, -0.2) is 344 Å². The molecule has 11 aliphatic rings. The Labute approximate surface area is 607 Å². The number of cyclic esters (lactones) is 1. The molecule has 105 heavy (non-hydrogen) atoms. The minimum Gasteiger partial charge on any atom is -0.462 e. The lowest BCUT2D eigenvalue weighted by molar-refractivity contribution is -0.396. The van der Waals surface area contributed by atoms with Crippen molar-refractivity contribution >= 4 is 17.9 Å². The summed E-state index contributed by atoms with van der Waals surface area (Å²) in [7, 11) is 2.35. The highest BCUT2D eigenvalue weighted by Crippen LogP contribution is 2.77. The number of aliphatic hydroxyl groups is 15. The van der Waals surface area contributed by atoms with E-state index in [0.29, 0.717) is 44.9 Å². The van der Waals surface area contributed by atoms with Crippen molar-refractivity contribution in [2.45, 2.75) is 303 Å². The van der Waals surface area contributed by atoms with E-state index in [-0.39, 0.29) is 18.3 Å². The molecule has 7 saturated heterocycles. The number of methoxy groups -OCH3 is 2. The number of carbonyl (C=O) groups is 3. The van der Waals surface area contributed by atoms with Gasteiger partial charge in [-0.25, -0.2) is 0 Å². The first kappa shape index (κ1) is 82.7. The average molecular weight is 1510 g/mol. The largest absolute Gasteiger partial charge is 0.462 e. The molecule has 0 aromatic rings. The van der Waals surface area contributed by atoms with Crippen molar-refractivity contribution in [3.63, 3.8) is 0 Å². The minimum absolute atomic E-state index is 0.152. The van der Waals surface area contributed by atoms with Crippen molar-refractivity contribution in [3.8, 4) is 0 Å². The number of rotatable bonds is 24. The number of hydrogen-bond acceptors (Lipinski definition) is 35. The first-order valence-corrected chi connectivity index (χ1v) is 36.2. The van der Waals surface area contributed by atoms with Gasteiger partial charge in [-0.05, 0) is 93.3 Å². The Morgan fingerprint density at radius 1 is 0.552 bits per heavy atom. The lowest BCUT2D eigenvalue weighted by Crippen LogP contribution is -2.67. The summed E-state index contributed by atoms with van der Waals surface area (Å²) in [5.41, 5.74) is -2.78. The summed E-state index contributed by atoms with van der Waals surface area (Å²) in [5.74, 6) is -2.63. The Kier molecular flexibility index (Phi) is 25.5. The summed E-state index contributed by atoms with van der Waals surface area (Å²) >= 11 is 0. The molecule has 0 aromatic heterocycles. The van der Waals surface area contributed by atoms with Crippen LogP contribution in [0.1, 0.15) is 107 Å². The molecule has 7 aliphatic heterocycles. The van der Waals surface area contributed by atoms with Crippen molar-refractivity contribution in [3.05, 3.63) is 23.8 Å². The maximum atomic E-state index is 15.1. The number of esters is 3. The van der Waals surface area contributed by atoms with Crippen LogP contribution in [0.25, 0.3) is 0 Å². The molecule has 4 aliphatic carbocycles. The molecule has 0 radical (unpaired) electrons. The minimum atomic E-state index is -2.17. The quantitative estimate of drug-likeness (QED) is 0.0188. The van der Waals surface area contributed by atoms with Crippen molar-refractivity contribution in [1.82, 2.24) is 0 Å². The van der Waals surface area contributed by atoms with Gasteiger partial charge in [0.25, 0.3) is 0 Å². The van der Waals surface area contributed by atoms with Crippen molar-refractivity contribution in [2.75, 3.05) is 53.9 Å². The molecule has 10 fully saturated rings. The van der Waals surface area contributed by atoms with Gasteiger partial charge in [-0.15, -0.1) is 6.58 Å². The fourth-order valence-electron chi connectivity index (χ4n) is 19.7. The van der Waals surface area contributed by atoms with E-state index in [2.05, 4.69) is 26.5 Å². The molecular weight excluding hydrogens is 1400 g/mol. The van der Waals surface area contributed by atoms with E-state index in [1.807, 2.05) is 20.8 Å². The lowest BCUT2D eigenvalue weighted by Gasteiger charge is -2.63. The van der Waals surface area contributed by atoms with Gasteiger partial charge in [-0.2, -0.15) is 0 Å². The highest BCUT2D eigenvalue weighted by atomic mass is 16.8. The number of carbonyl (C=O) groups excluding carboxylic acids is 3. The topological polar surface area (TPSA) is 512 Å². The number of hydrogen-bond donors (Lipinski definition) is 15. The molecule has 35 heteroatoms. The summed E-state index contributed by atoms with van der Waals surface area (Å²) in [4.78, 5) is 41.1. The summed E-state index contributed by atoms with van der Waals surface area (Å²) in [6.07, 6.45) is -45.5. The highest BCUT2D eigenvalue weighted by molar-refractivity contribution is 5.84. The maximum absolute atomic E-state index is 15.1. The Bertz CT molecular complexity index is 3040. The number of fused-ring (bicyclic) bond motifs is 4. The van der Waals surface area contributed by atoms with Gasteiger partial charge < -0.3 is 157 Å². The van der Waals surface area contributed by atoms with Crippen LogP contribution in [0.2, 0.25) is 0 Å². The molecule has 600 valence electrons. The Morgan fingerprint density at radius 3 is 1.63 bits per heavy atom. The molecule has 38 unspecified atom stereocenters. The van der Waals surface area contributed by atoms with Crippen molar-refractivity contribution < 1.29 is 172 Å². The van der Waals surface area contributed by atoms with E-state index in [4.69, 9.17) is 80.5 Å². The molecule has 0 bridgehead atoms. The molecule has 38 atom stereocenters. The van der Waals surface area contributed by atoms with Gasteiger partial charge in [-0.3, -0.25) is 14.4 Å². The Balaban J connectivity index is 0.854. The van der Waals surface area contributed by atoms with E-state index in [9.17, 15) is 86.2 Å². The van der Waals surface area contributed by atoms with Crippen LogP contribution in [-0.2, 0) is 94.9 Å². The monoisotopic (exact) mass is 1510 g/mol. The predicted molar refractivity (Wildman–Crippen MR) is 348 cm³/mol. The van der Waals surface area contributed by atoms with Gasteiger partial charge in [0.2, 0.25) is 0 Å². The van der Waals surface area contributed by atoms with E-state index in [1.54, 1.807) is 6.92 Å². The van der Waals surface area contributed by atoms with E-state index in [0.717, 1.165) is 11.1 Å². The number of aliphatic hydroxyl groups excluding tert-OH is 15. The second-order valence-electron chi connectivity index (χ2n) is 31.6. The summed E-state index contributed by atoms with van der Waals surface area (Å²) < 4.78 is 102. The summed E-state index contributed by atoms with van der Waals surface area (Å²) in [6.45, 7) is 14.1. The fourth-order valence-corrected chi connectivity index (χ4v) is 19.7. The van der Waals surface area contributed by atoms with E-state index in [1.165, 1.54) is 28.1 Å². The average Bonchev–Trinajstić information content (AvgIpc) is 1.49. The third-order valence-electron chi connectivity index (χ3n) is 25.0. The van der Waals surface area contributed by atoms with Crippen LogP contribution < -0.4 is 0 Å². The van der Waals surface area contributed by atoms with Crippen molar-refractivity contribution in [1.29, 1.82) is 0 Å².